The first-order valence-electron chi connectivity index (χ1n) is 12.0. The fourth-order valence-corrected chi connectivity index (χ4v) is 5.20. The molecule has 10 heteroatoms. The van der Waals surface area contributed by atoms with Crippen molar-refractivity contribution < 1.29 is 27.5 Å². The van der Waals surface area contributed by atoms with E-state index in [-0.39, 0.29) is 17.4 Å². The third-order valence-corrected chi connectivity index (χ3v) is 6.89. The second-order valence-corrected chi connectivity index (χ2v) is 9.36. The summed E-state index contributed by atoms with van der Waals surface area (Å²) < 4.78 is 47.8. The lowest BCUT2D eigenvalue weighted by atomic mass is 9.89. The number of hydrogen-bond donors (Lipinski definition) is 3. The van der Waals surface area contributed by atoms with E-state index in [4.69, 9.17) is 4.74 Å². The average molecular weight is 501 g/mol. The summed E-state index contributed by atoms with van der Waals surface area (Å²) in [5, 5.41) is 6.55. The van der Waals surface area contributed by atoms with Gasteiger partial charge in [-0.15, -0.1) is 0 Å². The molecule has 7 nitrogen and oxygen atoms in total. The molecule has 2 aliphatic heterocycles. The van der Waals surface area contributed by atoms with Gasteiger partial charge in [0.1, 0.15) is 23.5 Å². The number of hydrazine groups is 1. The van der Waals surface area contributed by atoms with E-state index in [1.165, 1.54) is 6.92 Å². The van der Waals surface area contributed by atoms with E-state index in [2.05, 4.69) is 16.1 Å². The molecular weight excluding hydrogens is 473 g/mol. The van der Waals surface area contributed by atoms with Crippen molar-refractivity contribution in [1.29, 1.82) is 0 Å². The van der Waals surface area contributed by atoms with Gasteiger partial charge in [-0.1, -0.05) is 36.4 Å². The molecule has 1 saturated heterocycles. The Kier molecular flexibility index (Phi) is 6.38. The quantitative estimate of drug-likeness (QED) is 0.536. The number of benzene rings is 2. The van der Waals surface area contributed by atoms with E-state index in [9.17, 15) is 22.8 Å². The van der Waals surface area contributed by atoms with Gasteiger partial charge in [0.15, 0.2) is 0 Å². The van der Waals surface area contributed by atoms with Gasteiger partial charge in [0.2, 0.25) is 0 Å². The highest BCUT2D eigenvalue weighted by Gasteiger charge is 2.58. The Morgan fingerprint density at radius 3 is 2.50 bits per heavy atom. The maximum Gasteiger partial charge on any atom is 0.406 e. The third-order valence-electron chi connectivity index (χ3n) is 6.89. The number of rotatable bonds is 5. The topological polar surface area (TPSA) is 82.7 Å². The molecule has 3 atom stereocenters. The van der Waals surface area contributed by atoms with Crippen molar-refractivity contribution in [2.45, 2.75) is 63.0 Å². The molecule has 0 spiro atoms. The van der Waals surface area contributed by atoms with Crippen molar-refractivity contribution in [3.05, 3.63) is 71.4 Å². The summed E-state index contributed by atoms with van der Waals surface area (Å²) in [7, 11) is 0. The number of alkyl halides is 3. The summed E-state index contributed by atoms with van der Waals surface area (Å²) in [4.78, 5) is 26.4. The lowest BCUT2D eigenvalue weighted by Gasteiger charge is -2.34. The van der Waals surface area contributed by atoms with Crippen LogP contribution in [0.25, 0.3) is 0 Å². The van der Waals surface area contributed by atoms with Crippen LogP contribution in [0, 0.1) is 0 Å². The second kappa shape index (κ2) is 9.50. The molecule has 1 saturated carbocycles. The van der Waals surface area contributed by atoms with E-state index >= 15 is 0 Å². The molecule has 5 rings (SSSR count). The van der Waals surface area contributed by atoms with Crippen LogP contribution in [0.1, 0.15) is 44.1 Å². The van der Waals surface area contributed by atoms with Crippen molar-refractivity contribution in [3.63, 3.8) is 0 Å². The molecule has 0 bridgehead atoms. The molecule has 0 radical (unpaired) electrons. The Morgan fingerprint density at radius 1 is 1.08 bits per heavy atom. The number of nitrogens with zero attached hydrogens (tertiary/aromatic N) is 1. The van der Waals surface area contributed by atoms with Crippen LogP contribution in [0.15, 0.2) is 65.9 Å². The smallest absolute Gasteiger partial charge is 0.406 e. The fraction of sp³-hybridized carbons (Fsp3) is 0.385. The number of carbonyl (C=O) groups excluding carboxylic acids is 2. The summed E-state index contributed by atoms with van der Waals surface area (Å²) in [5.41, 5.74) is 3.13. The van der Waals surface area contributed by atoms with Gasteiger partial charge < -0.3 is 15.4 Å². The van der Waals surface area contributed by atoms with Gasteiger partial charge in [-0.05, 0) is 50.3 Å². The van der Waals surface area contributed by atoms with Crippen LogP contribution in [0.4, 0.5) is 18.9 Å². The minimum atomic E-state index is -4.62. The van der Waals surface area contributed by atoms with Gasteiger partial charge in [-0.25, -0.2) is 10.4 Å². The van der Waals surface area contributed by atoms with Crippen molar-refractivity contribution in [2.75, 3.05) is 5.32 Å². The summed E-state index contributed by atoms with van der Waals surface area (Å²) in [6, 6.07) is 13.1. The second-order valence-electron chi connectivity index (χ2n) is 9.36. The summed E-state index contributed by atoms with van der Waals surface area (Å²) in [6.07, 6.45) is -1.28. The van der Waals surface area contributed by atoms with E-state index in [1.807, 2.05) is 0 Å². The number of amides is 2. The fourth-order valence-electron chi connectivity index (χ4n) is 5.20. The molecule has 2 fully saturated rings. The monoisotopic (exact) mass is 500 g/mol. The van der Waals surface area contributed by atoms with Gasteiger partial charge in [0.05, 0.1) is 12.0 Å². The Labute approximate surface area is 206 Å². The van der Waals surface area contributed by atoms with E-state index in [1.54, 1.807) is 54.6 Å². The van der Waals surface area contributed by atoms with Crippen LogP contribution >= 0.6 is 0 Å². The highest BCUT2D eigenvalue weighted by Crippen LogP contribution is 2.41. The van der Waals surface area contributed by atoms with Gasteiger partial charge in [0, 0.05) is 17.5 Å². The first-order chi connectivity index (χ1) is 17.2. The Bertz CT molecular complexity index is 1180. The van der Waals surface area contributed by atoms with Gasteiger partial charge in [-0.2, -0.15) is 13.2 Å². The third kappa shape index (κ3) is 4.65. The highest BCUT2D eigenvalue weighted by atomic mass is 19.4. The van der Waals surface area contributed by atoms with Crippen LogP contribution in [-0.4, -0.2) is 41.3 Å². The molecule has 3 aliphatic rings. The highest BCUT2D eigenvalue weighted by molar-refractivity contribution is 6.23. The first kappa shape index (κ1) is 24.2. The molecule has 2 amide bonds. The Morgan fingerprint density at radius 2 is 1.81 bits per heavy atom. The van der Waals surface area contributed by atoms with E-state index in [0.29, 0.717) is 17.0 Å². The van der Waals surface area contributed by atoms with Crippen LogP contribution in [0.5, 0.6) is 5.75 Å². The zero-order chi connectivity index (χ0) is 25.4. The summed E-state index contributed by atoms with van der Waals surface area (Å²) >= 11 is 0. The maximum atomic E-state index is 14.0. The van der Waals surface area contributed by atoms with Gasteiger partial charge in [0.25, 0.3) is 11.8 Å². The first-order valence-corrected chi connectivity index (χ1v) is 12.0. The number of nitrogens with one attached hydrogen (secondary N) is 3. The minimum absolute atomic E-state index is 0.141. The molecule has 3 N–H and O–H groups in total. The largest absolute Gasteiger partial charge is 0.490 e. The van der Waals surface area contributed by atoms with E-state index in [0.717, 1.165) is 30.7 Å². The van der Waals surface area contributed by atoms with Crippen molar-refractivity contribution in [2.24, 2.45) is 0 Å². The summed E-state index contributed by atoms with van der Waals surface area (Å²) in [5.74, 6) is -2.02. The number of fused-ring (bicyclic) bond motifs is 1. The van der Waals surface area contributed by atoms with Crippen LogP contribution in [-0.2, 0) is 9.59 Å². The molecule has 0 aromatic heterocycles. The van der Waals surface area contributed by atoms with Crippen LogP contribution < -0.4 is 20.8 Å². The van der Waals surface area contributed by atoms with Gasteiger partial charge in [-0.3, -0.25) is 9.59 Å². The average Bonchev–Trinajstić information content (AvgIpc) is 3.48. The van der Waals surface area contributed by atoms with Crippen molar-refractivity contribution in [3.8, 4) is 5.75 Å². The predicted molar refractivity (Wildman–Crippen MR) is 127 cm³/mol. The van der Waals surface area contributed by atoms with Crippen LogP contribution in [0.3, 0.4) is 0 Å². The van der Waals surface area contributed by atoms with Gasteiger partial charge >= 0.3 is 6.18 Å². The van der Waals surface area contributed by atoms with E-state index < -0.39 is 36.1 Å². The zero-order valence-electron chi connectivity index (χ0n) is 19.6. The molecule has 2 heterocycles. The zero-order valence-corrected chi connectivity index (χ0v) is 19.6. The number of halogens is 3. The number of anilines is 1. The molecule has 2 aromatic carbocycles. The number of ether oxygens (including phenoxy) is 1. The standard InChI is InChI=1S/C26H27F3N4O3/c1-15-20(24(34)31-17-10-7-13-19(14-17)36-18-11-5-6-12-18)25(35)33-23(30-15)21(16-8-3-2-4-9-16)22(32-33)26(27,28)29/h2-4,7-10,13-14,18,21-23,30,32H,5-6,11-12H2,1H3,(H,31,34). The molecular formula is C26H27F3N4O3. The molecule has 2 aromatic rings. The number of carbonyl (C=O) groups is 2. The molecule has 36 heavy (non-hydrogen) atoms. The minimum Gasteiger partial charge on any atom is -0.490 e. The SMILES string of the molecule is CC1=C(C(=O)Nc2cccc(OC3CCCC3)c2)C(=O)N2NC(C(F)(F)F)C(c3ccccc3)C2N1. The number of hydrogen-bond acceptors (Lipinski definition) is 5. The van der Waals surface area contributed by atoms with Crippen molar-refractivity contribution in [1.82, 2.24) is 15.8 Å². The Balaban J connectivity index is 1.37. The normalized spacial score (nSPS) is 24.5. The molecule has 190 valence electrons. The lowest BCUT2D eigenvalue weighted by Crippen LogP contribution is -2.56. The predicted octanol–water partition coefficient (Wildman–Crippen LogP) is 4.21. The van der Waals surface area contributed by atoms with Crippen molar-refractivity contribution >= 4 is 17.5 Å². The Hall–Kier alpha value is -3.53. The lowest BCUT2D eigenvalue weighted by molar-refractivity contribution is -0.161. The molecule has 3 unspecified atom stereocenters. The molecule has 1 aliphatic carbocycles. The maximum absolute atomic E-state index is 14.0. The van der Waals surface area contributed by atoms with Crippen LogP contribution in [0.2, 0.25) is 0 Å². The number of allylic oxidation sites excluding steroid dienone is 1. The summed E-state index contributed by atoms with van der Waals surface area (Å²) in [6.45, 7) is 1.52.